The molecule has 26 heavy (non-hydrogen) atoms. The van der Waals surface area contributed by atoms with Gasteiger partial charge in [0.2, 0.25) is 11.8 Å². The van der Waals surface area contributed by atoms with Crippen LogP contribution in [0.5, 0.6) is 0 Å². The summed E-state index contributed by atoms with van der Waals surface area (Å²) in [5.74, 6) is -1.94. The third kappa shape index (κ3) is 2.76. The molecule has 0 saturated carbocycles. The van der Waals surface area contributed by atoms with E-state index in [0.29, 0.717) is 16.8 Å². The van der Waals surface area contributed by atoms with Gasteiger partial charge in [0.15, 0.2) is 0 Å². The van der Waals surface area contributed by atoms with Gasteiger partial charge in [0.05, 0.1) is 11.1 Å². The number of nitrogens with zero attached hydrogens (tertiary/aromatic N) is 1. The van der Waals surface area contributed by atoms with E-state index >= 15 is 0 Å². The van der Waals surface area contributed by atoms with Crippen molar-refractivity contribution in [2.24, 2.45) is 0 Å². The Labute approximate surface area is 150 Å². The predicted octanol–water partition coefficient (Wildman–Crippen LogP) is 0.252. The van der Waals surface area contributed by atoms with Gasteiger partial charge in [-0.25, -0.2) is 0 Å². The van der Waals surface area contributed by atoms with E-state index in [4.69, 9.17) is 0 Å². The van der Waals surface area contributed by atoms with Crippen LogP contribution in [0.15, 0.2) is 18.2 Å². The van der Waals surface area contributed by atoms with E-state index in [1.165, 1.54) is 0 Å². The number of amides is 4. The van der Waals surface area contributed by atoms with Crippen LogP contribution in [0, 0.1) is 0 Å². The average Bonchev–Trinajstić information content (AvgIpc) is 2.88. The Morgan fingerprint density at radius 2 is 1.92 bits per heavy atom. The Morgan fingerprint density at radius 3 is 2.65 bits per heavy atom. The van der Waals surface area contributed by atoms with Gasteiger partial charge in [-0.3, -0.25) is 29.4 Å². The lowest BCUT2D eigenvalue weighted by molar-refractivity contribution is -0.136. The molecule has 2 unspecified atom stereocenters. The summed E-state index contributed by atoms with van der Waals surface area (Å²) in [5.41, 5.74) is 1.23. The number of rotatable bonds is 3. The van der Waals surface area contributed by atoms with Crippen molar-refractivity contribution in [3.63, 3.8) is 0 Å². The molecule has 4 rings (SSSR count). The van der Waals surface area contributed by atoms with Crippen molar-refractivity contribution in [3.05, 3.63) is 29.3 Å². The number of piperidine rings is 2. The van der Waals surface area contributed by atoms with E-state index < -0.39 is 23.8 Å². The first-order valence-electron chi connectivity index (χ1n) is 8.88. The standard InChI is InChI=1S/C18H20N4O4/c23-14-7-6-13(16(24)21-14)22-17(25)11-4-1-5-12(15(11)18(22)26)20-10-3-2-8-19-9-10/h1,4-5,10,13,19-20H,2-3,6-9H2,(H,21,23,24). The van der Waals surface area contributed by atoms with Gasteiger partial charge in [-0.2, -0.15) is 0 Å². The molecule has 0 aliphatic carbocycles. The number of hydrogen-bond donors (Lipinski definition) is 3. The van der Waals surface area contributed by atoms with E-state index in [-0.39, 0.29) is 24.8 Å². The number of nitrogens with one attached hydrogen (secondary N) is 3. The summed E-state index contributed by atoms with van der Waals surface area (Å²) in [5, 5.41) is 8.87. The van der Waals surface area contributed by atoms with Crippen LogP contribution in [0.1, 0.15) is 46.4 Å². The van der Waals surface area contributed by atoms with Crippen molar-refractivity contribution in [2.75, 3.05) is 18.4 Å². The summed E-state index contributed by atoms with van der Waals surface area (Å²) in [6.45, 7) is 1.77. The first kappa shape index (κ1) is 16.7. The lowest BCUT2D eigenvalue weighted by Crippen LogP contribution is -2.54. The minimum atomic E-state index is -0.940. The SMILES string of the molecule is O=C1CCC(N2C(=O)c3cccc(NC4CCCNC4)c3C2=O)C(=O)N1. The summed E-state index contributed by atoms with van der Waals surface area (Å²) in [7, 11) is 0. The molecule has 0 spiro atoms. The summed E-state index contributed by atoms with van der Waals surface area (Å²) in [4.78, 5) is 50.2. The second-order valence-electron chi connectivity index (χ2n) is 6.86. The molecule has 4 amide bonds. The third-order valence-electron chi connectivity index (χ3n) is 5.12. The zero-order chi connectivity index (χ0) is 18.3. The van der Waals surface area contributed by atoms with Gasteiger partial charge in [-0.1, -0.05) is 6.07 Å². The lowest BCUT2D eigenvalue weighted by Gasteiger charge is -2.28. The Kier molecular flexibility index (Phi) is 4.20. The van der Waals surface area contributed by atoms with Gasteiger partial charge in [-0.15, -0.1) is 0 Å². The Balaban J connectivity index is 1.62. The van der Waals surface area contributed by atoms with Crippen LogP contribution in [0.2, 0.25) is 0 Å². The molecule has 3 aliphatic rings. The highest BCUT2D eigenvalue weighted by Crippen LogP contribution is 2.32. The van der Waals surface area contributed by atoms with Crippen molar-refractivity contribution in [3.8, 4) is 0 Å². The van der Waals surface area contributed by atoms with Gasteiger partial charge >= 0.3 is 0 Å². The second kappa shape index (κ2) is 6.53. The number of benzene rings is 1. The number of imide groups is 2. The van der Waals surface area contributed by atoms with Crippen LogP contribution in [0.4, 0.5) is 5.69 Å². The fourth-order valence-corrected chi connectivity index (χ4v) is 3.83. The number of carbonyl (C=O) groups excluding carboxylic acids is 4. The summed E-state index contributed by atoms with van der Waals surface area (Å²) in [6, 6.07) is 4.36. The van der Waals surface area contributed by atoms with Crippen LogP contribution < -0.4 is 16.0 Å². The van der Waals surface area contributed by atoms with Crippen molar-refractivity contribution in [1.82, 2.24) is 15.5 Å². The monoisotopic (exact) mass is 356 g/mol. The molecule has 8 nitrogen and oxygen atoms in total. The van der Waals surface area contributed by atoms with E-state index in [1.54, 1.807) is 18.2 Å². The molecule has 8 heteroatoms. The maximum absolute atomic E-state index is 13.0. The smallest absolute Gasteiger partial charge is 0.264 e. The second-order valence-corrected chi connectivity index (χ2v) is 6.86. The molecule has 1 aromatic rings. The third-order valence-corrected chi connectivity index (χ3v) is 5.12. The van der Waals surface area contributed by atoms with Crippen molar-refractivity contribution in [2.45, 2.75) is 37.8 Å². The Morgan fingerprint density at radius 1 is 1.08 bits per heavy atom. The molecule has 1 aromatic carbocycles. The maximum Gasteiger partial charge on any atom is 0.264 e. The fraction of sp³-hybridized carbons (Fsp3) is 0.444. The molecule has 0 aromatic heterocycles. The summed E-state index contributed by atoms with van der Waals surface area (Å²) < 4.78 is 0. The molecule has 0 bridgehead atoms. The Hall–Kier alpha value is -2.74. The van der Waals surface area contributed by atoms with Gasteiger partial charge < -0.3 is 10.6 Å². The molecule has 2 atom stereocenters. The molecule has 3 N–H and O–H groups in total. The average molecular weight is 356 g/mol. The van der Waals surface area contributed by atoms with Gasteiger partial charge in [-0.05, 0) is 37.9 Å². The van der Waals surface area contributed by atoms with Gasteiger partial charge in [0.25, 0.3) is 11.8 Å². The zero-order valence-corrected chi connectivity index (χ0v) is 14.2. The molecule has 2 fully saturated rings. The Bertz CT molecular complexity index is 800. The van der Waals surface area contributed by atoms with E-state index in [0.717, 1.165) is 30.8 Å². The highest BCUT2D eigenvalue weighted by atomic mass is 16.2. The molecule has 2 saturated heterocycles. The number of anilines is 1. The summed E-state index contributed by atoms with van der Waals surface area (Å²) >= 11 is 0. The van der Waals surface area contributed by atoms with E-state index in [9.17, 15) is 19.2 Å². The van der Waals surface area contributed by atoms with Crippen LogP contribution in [-0.2, 0) is 9.59 Å². The minimum Gasteiger partial charge on any atom is -0.380 e. The van der Waals surface area contributed by atoms with Crippen LogP contribution >= 0.6 is 0 Å². The number of hydrogen-bond acceptors (Lipinski definition) is 6. The summed E-state index contributed by atoms with van der Waals surface area (Å²) in [6.07, 6.45) is 2.30. The van der Waals surface area contributed by atoms with Gasteiger partial charge in [0.1, 0.15) is 6.04 Å². The topological polar surface area (TPSA) is 108 Å². The lowest BCUT2D eigenvalue weighted by atomic mass is 10.0. The van der Waals surface area contributed by atoms with Crippen LogP contribution in [0.3, 0.4) is 0 Å². The molecule has 0 radical (unpaired) electrons. The van der Waals surface area contributed by atoms with E-state index in [2.05, 4.69) is 16.0 Å². The van der Waals surface area contributed by atoms with Gasteiger partial charge in [0, 0.05) is 24.7 Å². The molecule has 3 heterocycles. The quantitative estimate of drug-likeness (QED) is 0.670. The predicted molar refractivity (Wildman–Crippen MR) is 92.6 cm³/mol. The minimum absolute atomic E-state index is 0.114. The first-order valence-corrected chi connectivity index (χ1v) is 8.88. The van der Waals surface area contributed by atoms with E-state index in [1.807, 2.05) is 0 Å². The largest absolute Gasteiger partial charge is 0.380 e. The highest BCUT2D eigenvalue weighted by Gasteiger charge is 2.45. The van der Waals surface area contributed by atoms with Crippen LogP contribution in [0.25, 0.3) is 0 Å². The van der Waals surface area contributed by atoms with Crippen molar-refractivity contribution >= 4 is 29.3 Å². The molecule has 3 aliphatic heterocycles. The molecular formula is C18H20N4O4. The molecular weight excluding hydrogens is 336 g/mol. The fourth-order valence-electron chi connectivity index (χ4n) is 3.83. The number of fused-ring (bicyclic) bond motifs is 1. The molecule has 136 valence electrons. The maximum atomic E-state index is 13.0. The zero-order valence-electron chi connectivity index (χ0n) is 14.2. The van der Waals surface area contributed by atoms with Crippen molar-refractivity contribution < 1.29 is 19.2 Å². The number of carbonyl (C=O) groups is 4. The van der Waals surface area contributed by atoms with Crippen molar-refractivity contribution in [1.29, 1.82) is 0 Å². The highest BCUT2D eigenvalue weighted by molar-refractivity contribution is 6.25. The first-order chi connectivity index (χ1) is 12.6. The normalized spacial score (nSPS) is 25.9. The van der Waals surface area contributed by atoms with Crippen LogP contribution in [-0.4, -0.2) is 53.7 Å².